The van der Waals surface area contributed by atoms with Crippen LogP contribution in [-0.4, -0.2) is 27.6 Å². The molecule has 4 N–H and O–H groups in total. The lowest BCUT2D eigenvalue weighted by Gasteiger charge is -2.04. The SMILES string of the molecule is Cc1nc(-c2c(N)nsc2NCCCO)cs1. The average Bonchev–Trinajstić information content (AvgIpc) is 2.86. The molecule has 2 aromatic heterocycles. The Morgan fingerprint density at radius 2 is 2.35 bits per heavy atom. The summed E-state index contributed by atoms with van der Waals surface area (Å²) in [4.78, 5) is 4.42. The van der Waals surface area contributed by atoms with Crippen molar-refractivity contribution in [2.75, 3.05) is 24.2 Å². The Kier molecular flexibility index (Phi) is 3.93. The third-order valence-corrected chi connectivity index (χ3v) is 3.81. The number of nitrogens with two attached hydrogens (primary N) is 1. The van der Waals surface area contributed by atoms with Gasteiger partial charge < -0.3 is 16.2 Å². The van der Waals surface area contributed by atoms with Gasteiger partial charge in [-0.3, -0.25) is 0 Å². The molecule has 0 saturated heterocycles. The molecule has 0 aliphatic carbocycles. The summed E-state index contributed by atoms with van der Waals surface area (Å²) in [7, 11) is 0. The molecule has 0 fully saturated rings. The summed E-state index contributed by atoms with van der Waals surface area (Å²) in [5.41, 5.74) is 7.60. The van der Waals surface area contributed by atoms with Gasteiger partial charge in [-0.15, -0.1) is 11.3 Å². The molecule has 2 heterocycles. The van der Waals surface area contributed by atoms with Crippen LogP contribution in [-0.2, 0) is 0 Å². The lowest BCUT2D eigenvalue weighted by Crippen LogP contribution is -2.03. The summed E-state index contributed by atoms with van der Waals surface area (Å²) < 4.78 is 4.14. The molecule has 0 atom stereocenters. The highest BCUT2D eigenvalue weighted by Crippen LogP contribution is 2.36. The largest absolute Gasteiger partial charge is 0.396 e. The van der Waals surface area contributed by atoms with Crippen LogP contribution >= 0.6 is 22.9 Å². The summed E-state index contributed by atoms with van der Waals surface area (Å²) in [5.74, 6) is 0.506. The molecule has 7 heteroatoms. The second-order valence-electron chi connectivity index (χ2n) is 3.53. The number of aliphatic hydroxyl groups is 1. The molecule has 0 amide bonds. The van der Waals surface area contributed by atoms with Gasteiger partial charge in [-0.05, 0) is 24.9 Å². The van der Waals surface area contributed by atoms with Gasteiger partial charge in [-0.2, -0.15) is 4.37 Å². The fourth-order valence-corrected chi connectivity index (χ4v) is 2.78. The number of hydrogen-bond acceptors (Lipinski definition) is 7. The Morgan fingerprint density at radius 3 is 3.00 bits per heavy atom. The Balaban J connectivity index is 2.23. The first-order chi connectivity index (χ1) is 8.22. The molecular weight excluding hydrogens is 256 g/mol. The quantitative estimate of drug-likeness (QED) is 0.723. The van der Waals surface area contributed by atoms with Crippen molar-refractivity contribution in [1.29, 1.82) is 0 Å². The molecule has 0 saturated carbocycles. The van der Waals surface area contributed by atoms with Gasteiger partial charge in [0.25, 0.3) is 0 Å². The highest BCUT2D eigenvalue weighted by molar-refractivity contribution is 7.11. The van der Waals surface area contributed by atoms with Crippen molar-refractivity contribution >= 4 is 33.7 Å². The van der Waals surface area contributed by atoms with Gasteiger partial charge in [0.15, 0.2) is 0 Å². The molecule has 0 bridgehead atoms. The van der Waals surface area contributed by atoms with Gasteiger partial charge in [0.05, 0.1) is 16.3 Å². The summed E-state index contributed by atoms with van der Waals surface area (Å²) >= 11 is 2.92. The van der Waals surface area contributed by atoms with Crippen LogP contribution in [0.15, 0.2) is 5.38 Å². The molecule has 0 aromatic carbocycles. The van der Waals surface area contributed by atoms with Crippen LogP contribution in [0.1, 0.15) is 11.4 Å². The van der Waals surface area contributed by atoms with Gasteiger partial charge in [0.2, 0.25) is 0 Å². The van der Waals surface area contributed by atoms with Gasteiger partial charge in [-0.1, -0.05) is 0 Å². The number of aliphatic hydroxyl groups excluding tert-OH is 1. The second-order valence-corrected chi connectivity index (χ2v) is 5.36. The molecule has 92 valence electrons. The van der Waals surface area contributed by atoms with Crippen molar-refractivity contribution in [2.45, 2.75) is 13.3 Å². The van der Waals surface area contributed by atoms with E-state index in [1.807, 2.05) is 12.3 Å². The standard InChI is InChI=1S/C10H14N4OS2/c1-6-13-7(5-16-6)8-9(11)14-17-10(8)12-3-2-4-15/h5,12,15H,2-4H2,1H3,(H2,11,14). The number of aryl methyl sites for hydroxylation is 1. The van der Waals surface area contributed by atoms with E-state index >= 15 is 0 Å². The molecule has 5 nitrogen and oxygen atoms in total. The number of nitrogens with one attached hydrogen (secondary N) is 1. The Labute approximate surface area is 107 Å². The lowest BCUT2D eigenvalue weighted by atomic mass is 10.2. The van der Waals surface area contributed by atoms with E-state index in [9.17, 15) is 0 Å². The summed E-state index contributed by atoms with van der Waals surface area (Å²) in [6.45, 7) is 2.84. The molecule has 0 aliphatic heterocycles. The minimum absolute atomic E-state index is 0.173. The van der Waals surface area contributed by atoms with Gasteiger partial charge in [-0.25, -0.2) is 4.98 Å². The van der Waals surface area contributed by atoms with Crippen molar-refractivity contribution < 1.29 is 5.11 Å². The van der Waals surface area contributed by atoms with Gasteiger partial charge in [0.1, 0.15) is 10.8 Å². The highest BCUT2D eigenvalue weighted by Gasteiger charge is 2.15. The topological polar surface area (TPSA) is 84.1 Å². The molecule has 0 aliphatic rings. The summed E-state index contributed by atoms with van der Waals surface area (Å²) in [6, 6.07) is 0. The fourth-order valence-electron chi connectivity index (χ4n) is 1.43. The predicted octanol–water partition coefficient (Wildman–Crippen LogP) is 1.95. The monoisotopic (exact) mass is 270 g/mol. The zero-order valence-electron chi connectivity index (χ0n) is 9.43. The fraction of sp³-hybridized carbons (Fsp3) is 0.400. The maximum absolute atomic E-state index is 8.75. The van der Waals surface area contributed by atoms with Gasteiger partial charge >= 0.3 is 0 Å². The third-order valence-electron chi connectivity index (χ3n) is 2.21. The van der Waals surface area contributed by atoms with Crippen LogP contribution in [0.5, 0.6) is 0 Å². The van der Waals surface area contributed by atoms with E-state index in [1.54, 1.807) is 11.3 Å². The Bertz CT molecular complexity index is 494. The number of rotatable bonds is 5. The van der Waals surface area contributed by atoms with Gasteiger partial charge in [0, 0.05) is 18.5 Å². The molecule has 0 unspecified atom stereocenters. The van der Waals surface area contributed by atoms with E-state index in [2.05, 4.69) is 14.7 Å². The first-order valence-corrected chi connectivity index (χ1v) is 6.90. The van der Waals surface area contributed by atoms with E-state index in [-0.39, 0.29) is 6.61 Å². The third kappa shape index (κ3) is 2.74. The maximum atomic E-state index is 8.75. The highest BCUT2D eigenvalue weighted by atomic mass is 32.1. The second kappa shape index (κ2) is 5.44. The lowest BCUT2D eigenvalue weighted by molar-refractivity contribution is 0.292. The zero-order chi connectivity index (χ0) is 12.3. The van der Waals surface area contributed by atoms with E-state index in [1.165, 1.54) is 11.5 Å². The van der Waals surface area contributed by atoms with Crippen LogP contribution in [0.3, 0.4) is 0 Å². The number of hydrogen-bond donors (Lipinski definition) is 3. The van der Waals surface area contributed by atoms with E-state index in [4.69, 9.17) is 10.8 Å². The van der Waals surface area contributed by atoms with Crippen molar-refractivity contribution in [2.24, 2.45) is 0 Å². The molecule has 0 spiro atoms. The van der Waals surface area contributed by atoms with Crippen LogP contribution < -0.4 is 11.1 Å². The van der Waals surface area contributed by atoms with Crippen molar-refractivity contribution in [1.82, 2.24) is 9.36 Å². The van der Waals surface area contributed by atoms with Crippen molar-refractivity contribution in [3.05, 3.63) is 10.4 Å². The molecule has 2 rings (SSSR count). The molecule has 17 heavy (non-hydrogen) atoms. The first-order valence-electron chi connectivity index (χ1n) is 5.24. The first kappa shape index (κ1) is 12.3. The molecule has 2 aromatic rings. The maximum Gasteiger partial charge on any atom is 0.148 e. The minimum atomic E-state index is 0.173. The average molecular weight is 270 g/mol. The zero-order valence-corrected chi connectivity index (χ0v) is 11.1. The predicted molar refractivity (Wildman–Crippen MR) is 72.6 cm³/mol. The number of nitrogen functional groups attached to an aromatic ring is 1. The van der Waals surface area contributed by atoms with E-state index < -0.39 is 0 Å². The number of aromatic nitrogens is 2. The Morgan fingerprint density at radius 1 is 1.53 bits per heavy atom. The normalized spacial score (nSPS) is 10.7. The van der Waals surface area contributed by atoms with E-state index in [0.717, 1.165) is 21.3 Å². The number of anilines is 2. The number of nitrogens with zero attached hydrogens (tertiary/aromatic N) is 2. The van der Waals surface area contributed by atoms with Crippen LogP contribution in [0.4, 0.5) is 10.8 Å². The van der Waals surface area contributed by atoms with E-state index in [0.29, 0.717) is 18.8 Å². The smallest absolute Gasteiger partial charge is 0.148 e. The summed E-state index contributed by atoms with van der Waals surface area (Å²) in [5, 5.41) is 15.9. The minimum Gasteiger partial charge on any atom is -0.396 e. The number of thiazole rings is 1. The molecule has 0 radical (unpaired) electrons. The van der Waals surface area contributed by atoms with Crippen molar-refractivity contribution in [3.8, 4) is 11.3 Å². The van der Waals surface area contributed by atoms with Crippen molar-refractivity contribution in [3.63, 3.8) is 0 Å². The summed E-state index contributed by atoms with van der Waals surface area (Å²) in [6.07, 6.45) is 0.702. The van der Waals surface area contributed by atoms with Crippen LogP contribution in [0.25, 0.3) is 11.3 Å². The Hall–Kier alpha value is -1.18. The van der Waals surface area contributed by atoms with Crippen LogP contribution in [0, 0.1) is 6.92 Å². The molecular formula is C10H14N4OS2. The van der Waals surface area contributed by atoms with Crippen LogP contribution in [0.2, 0.25) is 0 Å².